The molecule has 0 saturated carbocycles. The maximum Gasteiger partial charge on any atom is 0.417 e. The first-order chi connectivity index (χ1) is 20.4. The van der Waals surface area contributed by atoms with Gasteiger partial charge in [-0.1, -0.05) is 12.1 Å². The molecule has 222 valence electrons. The number of alkyl halides is 3. The molecule has 5 rings (SSSR count). The minimum absolute atomic E-state index is 0.00868. The number of carboxylic acid groups (broad SMARTS) is 1. The Bertz CT molecular complexity index is 1870. The predicted molar refractivity (Wildman–Crippen MR) is 152 cm³/mol. The van der Waals surface area contributed by atoms with Gasteiger partial charge in [0.25, 0.3) is 11.5 Å². The Hall–Kier alpha value is -5.34. The molecule has 3 aromatic carbocycles. The molecule has 5 aromatic rings. The number of pyridine rings is 2. The maximum atomic E-state index is 13.4. The highest BCUT2D eigenvalue weighted by molar-refractivity contribution is 6.15. The molecule has 0 atom stereocenters. The molecule has 10 nitrogen and oxygen atoms in total. The van der Waals surface area contributed by atoms with Crippen LogP contribution >= 0.6 is 0 Å². The lowest BCUT2D eigenvalue weighted by atomic mass is 10.0. The number of aliphatic hydroxyl groups excluding tert-OH is 1. The number of hydrogen-bond donors (Lipinski definition) is 6. The predicted octanol–water partition coefficient (Wildman–Crippen LogP) is 4.87. The zero-order valence-electron chi connectivity index (χ0n) is 22.0. The third-order valence-electron chi connectivity index (χ3n) is 6.06. The van der Waals surface area contributed by atoms with Crippen molar-refractivity contribution in [2.45, 2.75) is 6.18 Å². The van der Waals surface area contributed by atoms with Crippen LogP contribution in [0.1, 0.15) is 26.3 Å². The average Bonchev–Trinajstić information content (AvgIpc) is 2.97. The number of carboxylic acids is 1. The highest BCUT2D eigenvalue weighted by Crippen LogP contribution is 2.34. The maximum absolute atomic E-state index is 13.4. The number of aromatic amines is 1. The molecule has 0 spiro atoms. The SMILES string of the molecule is NCCO.O=C(Nc1ccc(Nc2ccnc3[nH]c(=O)c4c(C(=O)O)cccc4c23)cc1)c1ccc(F)cc1C(F)(F)F. The lowest BCUT2D eigenvalue weighted by Gasteiger charge is -2.14. The van der Waals surface area contributed by atoms with Crippen LogP contribution in [-0.4, -0.2) is 45.2 Å². The zero-order valence-corrected chi connectivity index (χ0v) is 22.0. The van der Waals surface area contributed by atoms with Crippen molar-refractivity contribution in [1.29, 1.82) is 0 Å². The van der Waals surface area contributed by atoms with E-state index in [2.05, 4.69) is 20.6 Å². The molecule has 2 aromatic heterocycles. The summed E-state index contributed by atoms with van der Waals surface area (Å²) < 4.78 is 53.2. The van der Waals surface area contributed by atoms with E-state index >= 15 is 0 Å². The Morgan fingerprint density at radius 1 is 0.953 bits per heavy atom. The van der Waals surface area contributed by atoms with Crippen LogP contribution in [0.25, 0.3) is 21.8 Å². The van der Waals surface area contributed by atoms with Gasteiger partial charge >= 0.3 is 12.1 Å². The van der Waals surface area contributed by atoms with Crippen LogP contribution in [0.3, 0.4) is 0 Å². The number of carbonyl (C=O) groups excluding carboxylic acids is 1. The lowest BCUT2D eigenvalue weighted by Crippen LogP contribution is -2.19. The van der Waals surface area contributed by atoms with Crippen molar-refractivity contribution in [1.82, 2.24) is 9.97 Å². The summed E-state index contributed by atoms with van der Waals surface area (Å²) in [5, 5.41) is 23.6. The molecule has 0 aliphatic rings. The molecule has 14 heteroatoms. The number of anilines is 3. The van der Waals surface area contributed by atoms with Gasteiger partial charge < -0.3 is 31.6 Å². The van der Waals surface area contributed by atoms with Crippen LogP contribution in [-0.2, 0) is 6.18 Å². The number of carbonyl (C=O) groups is 2. The largest absolute Gasteiger partial charge is 0.478 e. The molecule has 43 heavy (non-hydrogen) atoms. The first-order valence-corrected chi connectivity index (χ1v) is 12.5. The monoisotopic (exact) mass is 597 g/mol. The van der Waals surface area contributed by atoms with E-state index in [4.69, 9.17) is 10.8 Å². The smallest absolute Gasteiger partial charge is 0.417 e. The number of nitrogens with zero attached hydrogens (tertiary/aromatic N) is 1. The number of aromatic carboxylic acids is 1. The average molecular weight is 598 g/mol. The van der Waals surface area contributed by atoms with Crippen LogP contribution in [0.5, 0.6) is 0 Å². The van der Waals surface area contributed by atoms with Gasteiger partial charge in [-0.25, -0.2) is 14.2 Å². The van der Waals surface area contributed by atoms with Crippen LogP contribution in [0.2, 0.25) is 0 Å². The summed E-state index contributed by atoms with van der Waals surface area (Å²) in [5.41, 5.74) is 3.30. The van der Waals surface area contributed by atoms with Gasteiger partial charge in [0.2, 0.25) is 0 Å². The Morgan fingerprint density at radius 2 is 1.63 bits per heavy atom. The Kier molecular flexibility index (Phi) is 9.02. The highest BCUT2D eigenvalue weighted by atomic mass is 19.4. The van der Waals surface area contributed by atoms with Crippen molar-refractivity contribution in [3.63, 3.8) is 0 Å². The second-order valence-corrected chi connectivity index (χ2v) is 8.93. The summed E-state index contributed by atoms with van der Waals surface area (Å²) in [7, 11) is 0. The van der Waals surface area contributed by atoms with Crippen molar-refractivity contribution in [2.24, 2.45) is 5.73 Å². The molecule has 7 N–H and O–H groups in total. The second-order valence-electron chi connectivity index (χ2n) is 8.93. The molecule has 1 amide bonds. The van der Waals surface area contributed by atoms with E-state index in [9.17, 15) is 37.1 Å². The summed E-state index contributed by atoms with van der Waals surface area (Å²) in [6.07, 6.45) is -3.47. The number of aromatic nitrogens is 2. The third kappa shape index (κ3) is 6.77. The van der Waals surface area contributed by atoms with E-state index in [1.54, 1.807) is 24.3 Å². The van der Waals surface area contributed by atoms with Crippen LogP contribution in [0.15, 0.2) is 77.7 Å². The number of benzene rings is 3. The molecule has 0 aliphatic heterocycles. The number of H-pyrrole nitrogens is 1. The first-order valence-electron chi connectivity index (χ1n) is 12.5. The Balaban J connectivity index is 0.000000996. The van der Waals surface area contributed by atoms with Crippen molar-refractivity contribution in [3.05, 3.63) is 106 Å². The topological polar surface area (TPSA) is 170 Å². The number of hydrogen-bond acceptors (Lipinski definition) is 7. The van der Waals surface area contributed by atoms with Gasteiger partial charge in [0.15, 0.2) is 0 Å². The second kappa shape index (κ2) is 12.7. The summed E-state index contributed by atoms with van der Waals surface area (Å²) in [6.45, 7) is 0.472. The summed E-state index contributed by atoms with van der Waals surface area (Å²) in [4.78, 5) is 43.6. The molecule has 2 heterocycles. The minimum Gasteiger partial charge on any atom is -0.478 e. The van der Waals surface area contributed by atoms with E-state index < -0.39 is 40.6 Å². The quantitative estimate of drug-likeness (QED) is 0.119. The molecule has 0 saturated heterocycles. The fraction of sp³-hybridized carbons (Fsp3) is 0.103. The van der Waals surface area contributed by atoms with E-state index in [0.29, 0.717) is 28.7 Å². The van der Waals surface area contributed by atoms with E-state index in [1.165, 1.54) is 30.5 Å². The lowest BCUT2D eigenvalue weighted by molar-refractivity contribution is -0.138. The van der Waals surface area contributed by atoms with Gasteiger partial charge in [0, 0.05) is 34.9 Å². The van der Waals surface area contributed by atoms with Crippen molar-refractivity contribution < 1.29 is 37.4 Å². The van der Waals surface area contributed by atoms with Crippen molar-refractivity contribution in [2.75, 3.05) is 23.8 Å². The van der Waals surface area contributed by atoms with Crippen molar-refractivity contribution >= 4 is 50.7 Å². The number of rotatable bonds is 6. The number of halogens is 4. The Labute approximate surface area is 239 Å². The fourth-order valence-corrected chi connectivity index (χ4v) is 4.23. The van der Waals surface area contributed by atoms with E-state index in [0.717, 1.165) is 12.1 Å². The fourth-order valence-electron chi connectivity index (χ4n) is 4.23. The number of fused-ring (bicyclic) bond motifs is 3. The number of nitrogens with two attached hydrogens (primary N) is 1. The van der Waals surface area contributed by atoms with Crippen LogP contribution < -0.4 is 21.9 Å². The highest BCUT2D eigenvalue weighted by Gasteiger charge is 2.35. The summed E-state index contributed by atoms with van der Waals surface area (Å²) >= 11 is 0. The molecule has 0 aliphatic carbocycles. The van der Waals surface area contributed by atoms with Crippen molar-refractivity contribution in [3.8, 4) is 0 Å². The first kappa shape index (κ1) is 30.6. The minimum atomic E-state index is -4.92. The summed E-state index contributed by atoms with van der Waals surface area (Å²) in [5.74, 6) is -3.44. The molecular weight excluding hydrogens is 574 g/mol. The molecule has 0 radical (unpaired) electrons. The molecule has 0 unspecified atom stereocenters. The standard InChI is InChI=1S/C27H16F4N4O4.C2H7NO/c28-13-4-9-16(19(12-13)27(29,30)31)24(36)34-15-7-5-14(6-8-15)33-20-10-11-32-23-22(20)17-2-1-3-18(26(38)39)21(17)25(37)35-23;3-1-2-4/h1-12H,(H,34,36)(H,38,39)(H2,32,33,35,37);4H,1-3H2. The zero-order chi connectivity index (χ0) is 31.3. The van der Waals surface area contributed by atoms with E-state index in [-0.39, 0.29) is 35.0 Å². The third-order valence-corrected chi connectivity index (χ3v) is 6.06. The molecular formula is C29H23F4N5O5. The van der Waals surface area contributed by atoms with Gasteiger partial charge in [-0.05, 0) is 54.6 Å². The Morgan fingerprint density at radius 3 is 2.26 bits per heavy atom. The molecule has 0 bridgehead atoms. The van der Waals surface area contributed by atoms with Gasteiger partial charge in [0.05, 0.1) is 34.4 Å². The van der Waals surface area contributed by atoms with Crippen LogP contribution in [0.4, 0.5) is 34.6 Å². The van der Waals surface area contributed by atoms with Gasteiger partial charge in [0.1, 0.15) is 11.5 Å². The summed E-state index contributed by atoms with van der Waals surface area (Å²) in [6, 6.07) is 13.9. The van der Waals surface area contributed by atoms with E-state index in [1.807, 2.05) is 0 Å². The van der Waals surface area contributed by atoms with Crippen LogP contribution in [0, 0.1) is 5.82 Å². The number of amides is 1. The number of nitrogens with one attached hydrogen (secondary N) is 3. The number of aliphatic hydroxyl groups is 1. The molecule has 0 fully saturated rings. The van der Waals surface area contributed by atoms with Gasteiger partial charge in [-0.3, -0.25) is 9.59 Å². The normalized spacial score (nSPS) is 11.1. The van der Waals surface area contributed by atoms with Gasteiger partial charge in [-0.15, -0.1) is 0 Å². The van der Waals surface area contributed by atoms with Gasteiger partial charge in [-0.2, -0.15) is 13.2 Å².